The summed E-state index contributed by atoms with van der Waals surface area (Å²) in [5, 5.41) is 0. The minimum absolute atomic E-state index is 0. The Labute approximate surface area is 139 Å². The molecule has 0 aromatic heterocycles. The highest BCUT2D eigenvalue weighted by molar-refractivity contribution is 5.85. The number of nitrogens with two attached hydrogens (primary N) is 1. The van der Waals surface area contributed by atoms with Crippen LogP contribution >= 0.6 is 12.4 Å². The van der Waals surface area contributed by atoms with Crippen LogP contribution in [0.5, 0.6) is 0 Å². The summed E-state index contributed by atoms with van der Waals surface area (Å²) in [6.45, 7) is 5.46. The van der Waals surface area contributed by atoms with Gasteiger partial charge in [0.05, 0.1) is 0 Å². The summed E-state index contributed by atoms with van der Waals surface area (Å²) in [5.74, 6) is 1.02. The van der Waals surface area contributed by atoms with Gasteiger partial charge in [0.15, 0.2) is 0 Å². The first-order chi connectivity index (χ1) is 10.2. The lowest BCUT2D eigenvalue weighted by atomic mass is 9.95. The molecule has 1 unspecified atom stereocenters. The first kappa shape index (κ1) is 17.0. The highest BCUT2D eigenvalue weighted by Crippen LogP contribution is 2.28. The van der Waals surface area contributed by atoms with Gasteiger partial charge in [0, 0.05) is 31.6 Å². The molecular weight excluding hydrogens is 292 g/mol. The van der Waals surface area contributed by atoms with Crippen molar-refractivity contribution in [3.05, 3.63) is 71.8 Å². The lowest BCUT2D eigenvalue weighted by molar-refractivity contribution is 0.314. The largest absolute Gasteiger partial charge is 0.326 e. The highest BCUT2D eigenvalue weighted by Gasteiger charge is 2.31. The lowest BCUT2D eigenvalue weighted by Gasteiger charge is -2.21. The van der Waals surface area contributed by atoms with Crippen molar-refractivity contribution in [3.63, 3.8) is 0 Å². The zero-order valence-corrected chi connectivity index (χ0v) is 13.9. The van der Waals surface area contributed by atoms with E-state index in [-0.39, 0.29) is 18.4 Å². The summed E-state index contributed by atoms with van der Waals surface area (Å²) in [6.07, 6.45) is 0. The molecule has 0 saturated carbocycles. The summed E-state index contributed by atoms with van der Waals surface area (Å²) < 4.78 is 0. The van der Waals surface area contributed by atoms with E-state index < -0.39 is 0 Å². The summed E-state index contributed by atoms with van der Waals surface area (Å²) in [4.78, 5) is 2.51. The third-order valence-corrected chi connectivity index (χ3v) is 4.57. The Morgan fingerprint density at radius 1 is 1.00 bits per heavy atom. The molecule has 2 nitrogen and oxygen atoms in total. The maximum Gasteiger partial charge on any atom is 0.0249 e. The van der Waals surface area contributed by atoms with Crippen molar-refractivity contribution in [1.29, 1.82) is 0 Å². The first-order valence-corrected chi connectivity index (χ1v) is 7.82. The van der Waals surface area contributed by atoms with E-state index in [1.807, 2.05) is 0 Å². The van der Waals surface area contributed by atoms with Crippen LogP contribution in [0.3, 0.4) is 0 Å². The van der Waals surface area contributed by atoms with E-state index in [2.05, 4.69) is 72.5 Å². The molecule has 118 valence electrons. The number of hydrogen-bond acceptors (Lipinski definition) is 2. The maximum atomic E-state index is 6.37. The van der Waals surface area contributed by atoms with Gasteiger partial charge in [-0.05, 0) is 17.0 Å². The molecule has 2 aromatic carbocycles. The number of benzene rings is 2. The van der Waals surface area contributed by atoms with Crippen molar-refractivity contribution in [2.24, 2.45) is 5.73 Å². The molecule has 0 spiro atoms. The summed E-state index contributed by atoms with van der Waals surface area (Å²) in [7, 11) is 0. The number of nitrogens with zero attached hydrogens (tertiary/aromatic N) is 1. The molecule has 1 heterocycles. The fourth-order valence-corrected chi connectivity index (χ4v) is 3.39. The standard InChI is InChI=1S/C19H24N2.ClH/c1-15(16-8-4-2-5-9-16)12-21-13-18(19(20)14-21)17-10-6-3-7-11-17;/h2-11,15,18-19H,12-14,20H2,1H3;1H/t15?,18-,19+;/m0./s1. The number of likely N-dealkylation sites (tertiary alicyclic amines) is 1. The molecule has 0 aliphatic carbocycles. The molecule has 0 radical (unpaired) electrons. The number of halogens is 1. The van der Waals surface area contributed by atoms with Gasteiger partial charge in [-0.15, -0.1) is 12.4 Å². The Morgan fingerprint density at radius 3 is 2.23 bits per heavy atom. The molecule has 22 heavy (non-hydrogen) atoms. The summed E-state index contributed by atoms with van der Waals surface area (Å²) in [5.41, 5.74) is 9.16. The Balaban J connectivity index is 0.00000176. The van der Waals surface area contributed by atoms with Crippen molar-refractivity contribution < 1.29 is 0 Å². The third-order valence-electron chi connectivity index (χ3n) is 4.57. The molecule has 1 fully saturated rings. The molecule has 3 rings (SSSR count). The second-order valence-corrected chi connectivity index (χ2v) is 6.21. The molecule has 1 aliphatic rings. The van der Waals surface area contributed by atoms with E-state index in [0.29, 0.717) is 11.8 Å². The Morgan fingerprint density at radius 2 is 1.59 bits per heavy atom. The monoisotopic (exact) mass is 316 g/mol. The van der Waals surface area contributed by atoms with E-state index in [1.165, 1.54) is 11.1 Å². The topological polar surface area (TPSA) is 29.3 Å². The van der Waals surface area contributed by atoms with Crippen LogP contribution in [-0.2, 0) is 0 Å². The zero-order valence-electron chi connectivity index (χ0n) is 13.1. The molecular formula is C19H25ClN2. The van der Waals surface area contributed by atoms with E-state index in [4.69, 9.17) is 5.73 Å². The van der Waals surface area contributed by atoms with Crippen LogP contribution in [0.25, 0.3) is 0 Å². The van der Waals surface area contributed by atoms with Crippen molar-refractivity contribution in [3.8, 4) is 0 Å². The average Bonchev–Trinajstić information content (AvgIpc) is 2.89. The van der Waals surface area contributed by atoms with Gasteiger partial charge in [-0.2, -0.15) is 0 Å². The van der Waals surface area contributed by atoms with Crippen LogP contribution in [-0.4, -0.2) is 30.6 Å². The fraction of sp³-hybridized carbons (Fsp3) is 0.368. The first-order valence-electron chi connectivity index (χ1n) is 7.82. The third kappa shape index (κ3) is 3.89. The second kappa shape index (κ2) is 7.77. The molecule has 2 N–H and O–H groups in total. The van der Waals surface area contributed by atoms with Crippen molar-refractivity contribution >= 4 is 12.4 Å². The molecule has 3 atom stereocenters. The molecule has 3 heteroatoms. The minimum atomic E-state index is 0. The fourth-order valence-electron chi connectivity index (χ4n) is 3.39. The second-order valence-electron chi connectivity index (χ2n) is 6.21. The van der Waals surface area contributed by atoms with Gasteiger partial charge in [0.2, 0.25) is 0 Å². The van der Waals surface area contributed by atoms with Gasteiger partial charge >= 0.3 is 0 Å². The predicted molar refractivity (Wildman–Crippen MR) is 95.7 cm³/mol. The Bertz CT molecular complexity index is 556. The number of rotatable bonds is 4. The van der Waals surface area contributed by atoms with E-state index in [9.17, 15) is 0 Å². The van der Waals surface area contributed by atoms with E-state index in [0.717, 1.165) is 19.6 Å². The Hall–Kier alpha value is -1.35. The minimum Gasteiger partial charge on any atom is -0.326 e. The van der Waals surface area contributed by atoms with Gasteiger partial charge < -0.3 is 10.6 Å². The smallest absolute Gasteiger partial charge is 0.0249 e. The number of hydrogen-bond donors (Lipinski definition) is 1. The molecule has 0 amide bonds. The highest BCUT2D eigenvalue weighted by atomic mass is 35.5. The van der Waals surface area contributed by atoms with Gasteiger partial charge in [-0.1, -0.05) is 67.6 Å². The van der Waals surface area contributed by atoms with Gasteiger partial charge in [0.25, 0.3) is 0 Å². The van der Waals surface area contributed by atoms with Crippen LogP contribution in [0.4, 0.5) is 0 Å². The quantitative estimate of drug-likeness (QED) is 0.933. The average molecular weight is 317 g/mol. The summed E-state index contributed by atoms with van der Waals surface area (Å²) >= 11 is 0. The van der Waals surface area contributed by atoms with E-state index in [1.54, 1.807) is 0 Å². The maximum absolute atomic E-state index is 6.37. The molecule has 2 aromatic rings. The van der Waals surface area contributed by atoms with Gasteiger partial charge in [-0.3, -0.25) is 0 Å². The normalized spacial score (nSPS) is 23.0. The van der Waals surface area contributed by atoms with Crippen LogP contribution in [0.15, 0.2) is 60.7 Å². The van der Waals surface area contributed by atoms with Crippen LogP contribution in [0.2, 0.25) is 0 Å². The van der Waals surface area contributed by atoms with Crippen LogP contribution < -0.4 is 5.73 Å². The van der Waals surface area contributed by atoms with Crippen LogP contribution in [0, 0.1) is 0 Å². The molecule has 1 aliphatic heterocycles. The SMILES string of the molecule is CC(CN1C[C@@H](N)[C@H](c2ccccc2)C1)c1ccccc1.Cl. The zero-order chi connectivity index (χ0) is 14.7. The van der Waals surface area contributed by atoms with Crippen LogP contribution in [0.1, 0.15) is 29.9 Å². The van der Waals surface area contributed by atoms with E-state index >= 15 is 0 Å². The lowest BCUT2D eigenvalue weighted by Crippen LogP contribution is -2.30. The molecule has 0 bridgehead atoms. The van der Waals surface area contributed by atoms with Crippen molar-refractivity contribution in [1.82, 2.24) is 4.90 Å². The predicted octanol–water partition coefficient (Wildman–Crippen LogP) is 3.64. The molecule has 1 saturated heterocycles. The van der Waals surface area contributed by atoms with Crippen molar-refractivity contribution in [2.45, 2.75) is 24.8 Å². The van der Waals surface area contributed by atoms with Crippen molar-refractivity contribution in [2.75, 3.05) is 19.6 Å². The van der Waals surface area contributed by atoms with Gasteiger partial charge in [-0.25, -0.2) is 0 Å². The van der Waals surface area contributed by atoms with Gasteiger partial charge in [0.1, 0.15) is 0 Å². The Kier molecular flexibility index (Phi) is 6.01. The summed E-state index contributed by atoms with van der Waals surface area (Å²) in [6, 6.07) is 21.7.